The fraction of sp³-hybridized carbons (Fsp3) is 0.222. The quantitative estimate of drug-likeness (QED) is 0.651. The average Bonchev–Trinajstić information content (AvgIpc) is 3.02. The standard InChI is InChI=1S/C18H19NO3S/c1-4-10-19-17(20)13(3)22-18(21)16-15(9-11-23-16)14-7-5-12(2)6-8-14/h4-9,11,13H,1,10H2,2-3H3,(H,19,20)/t13-/m0/s1. The van der Waals surface area contributed by atoms with Crippen molar-refractivity contribution in [1.29, 1.82) is 0 Å². The number of hydrogen-bond donors (Lipinski definition) is 1. The van der Waals surface area contributed by atoms with Gasteiger partial charge in [-0.2, -0.15) is 0 Å². The Bertz CT molecular complexity index is 703. The molecule has 0 radical (unpaired) electrons. The van der Waals surface area contributed by atoms with E-state index in [1.165, 1.54) is 11.3 Å². The molecule has 0 saturated carbocycles. The van der Waals surface area contributed by atoms with E-state index in [0.717, 1.165) is 16.7 Å². The molecule has 1 amide bonds. The van der Waals surface area contributed by atoms with Crippen LogP contribution in [0.15, 0.2) is 48.4 Å². The van der Waals surface area contributed by atoms with E-state index < -0.39 is 12.1 Å². The van der Waals surface area contributed by atoms with E-state index in [1.807, 2.05) is 42.6 Å². The molecule has 0 unspecified atom stereocenters. The number of rotatable bonds is 6. The summed E-state index contributed by atoms with van der Waals surface area (Å²) in [6, 6.07) is 9.80. The minimum absolute atomic E-state index is 0.341. The van der Waals surface area contributed by atoms with Crippen molar-refractivity contribution in [3.63, 3.8) is 0 Å². The highest BCUT2D eigenvalue weighted by atomic mass is 32.1. The number of carbonyl (C=O) groups is 2. The Balaban J connectivity index is 2.12. The molecule has 1 aromatic heterocycles. The second kappa shape index (κ2) is 7.74. The summed E-state index contributed by atoms with van der Waals surface area (Å²) in [4.78, 5) is 24.6. The van der Waals surface area contributed by atoms with Gasteiger partial charge in [0.05, 0.1) is 0 Å². The minimum Gasteiger partial charge on any atom is -0.448 e. The number of hydrogen-bond acceptors (Lipinski definition) is 4. The number of aryl methyl sites for hydroxylation is 1. The van der Waals surface area contributed by atoms with Crippen molar-refractivity contribution >= 4 is 23.2 Å². The molecule has 1 N–H and O–H groups in total. The number of amides is 1. The second-order valence-corrected chi connectivity index (χ2v) is 6.03. The lowest BCUT2D eigenvalue weighted by Crippen LogP contribution is -2.35. The van der Waals surface area contributed by atoms with Crippen molar-refractivity contribution < 1.29 is 14.3 Å². The van der Waals surface area contributed by atoms with Gasteiger partial charge in [-0.25, -0.2) is 4.79 Å². The van der Waals surface area contributed by atoms with Gasteiger partial charge in [0.1, 0.15) is 4.88 Å². The van der Waals surface area contributed by atoms with Crippen LogP contribution in [-0.4, -0.2) is 24.5 Å². The molecule has 0 aliphatic heterocycles. The molecule has 4 nitrogen and oxygen atoms in total. The highest BCUT2D eigenvalue weighted by Gasteiger charge is 2.21. The Morgan fingerprint density at radius 2 is 2.00 bits per heavy atom. The molecular weight excluding hydrogens is 310 g/mol. The Morgan fingerprint density at radius 1 is 1.30 bits per heavy atom. The number of thiophene rings is 1. The Labute approximate surface area is 139 Å². The van der Waals surface area contributed by atoms with Crippen LogP contribution in [0.5, 0.6) is 0 Å². The summed E-state index contributed by atoms with van der Waals surface area (Å²) in [5.41, 5.74) is 2.92. The summed E-state index contributed by atoms with van der Waals surface area (Å²) in [7, 11) is 0. The summed E-state index contributed by atoms with van der Waals surface area (Å²) < 4.78 is 5.26. The third kappa shape index (κ3) is 4.29. The maximum absolute atomic E-state index is 12.3. The summed E-state index contributed by atoms with van der Waals surface area (Å²) in [6.45, 7) is 7.43. The zero-order valence-corrected chi connectivity index (χ0v) is 14.0. The predicted molar refractivity (Wildman–Crippen MR) is 92.6 cm³/mol. The van der Waals surface area contributed by atoms with Crippen molar-refractivity contribution in [3.05, 3.63) is 58.8 Å². The van der Waals surface area contributed by atoms with Crippen LogP contribution in [0.1, 0.15) is 22.2 Å². The Morgan fingerprint density at radius 3 is 2.65 bits per heavy atom. The topological polar surface area (TPSA) is 55.4 Å². The fourth-order valence-electron chi connectivity index (χ4n) is 2.01. The van der Waals surface area contributed by atoms with Crippen LogP contribution < -0.4 is 5.32 Å². The molecule has 120 valence electrons. The molecule has 1 aromatic carbocycles. The SMILES string of the molecule is C=CCNC(=O)[C@H](C)OC(=O)c1sccc1-c1ccc(C)cc1. The Hall–Kier alpha value is -2.40. The normalized spacial score (nSPS) is 11.6. The van der Waals surface area contributed by atoms with Crippen LogP contribution in [-0.2, 0) is 9.53 Å². The monoisotopic (exact) mass is 329 g/mol. The minimum atomic E-state index is -0.851. The van der Waals surface area contributed by atoms with Gasteiger partial charge in [0.25, 0.3) is 5.91 Å². The highest BCUT2D eigenvalue weighted by molar-refractivity contribution is 7.12. The third-order valence-electron chi connectivity index (χ3n) is 3.29. The van der Waals surface area contributed by atoms with E-state index >= 15 is 0 Å². The Kier molecular flexibility index (Phi) is 5.71. The van der Waals surface area contributed by atoms with Gasteiger partial charge in [-0.15, -0.1) is 17.9 Å². The van der Waals surface area contributed by atoms with Crippen molar-refractivity contribution in [2.75, 3.05) is 6.54 Å². The molecule has 0 fully saturated rings. The number of benzene rings is 1. The first-order chi connectivity index (χ1) is 11.0. The molecule has 0 aliphatic carbocycles. The first-order valence-electron chi connectivity index (χ1n) is 7.27. The number of nitrogens with one attached hydrogen (secondary N) is 1. The lowest BCUT2D eigenvalue weighted by atomic mass is 10.1. The van der Waals surface area contributed by atoms with Crippen LogP contribution in [0, 0.1) is 6.92 Å². The number of ether oxygens (including phenoxy) is 1. The zero-order valence-electron chi connectivity index (χ0n) is 13.2. The van der Waals surface area contributed by atoms with Gasteiger partial charge < -0.3 is 10.1 Å². The van der Waals surface area contributed by atoms with Crippen molar-refractivity contribution in [2.24, 2.45) is 0 Å². The van der Waals surface area contributed by atoms with Crippen molar-refractivity contribution in [2.45, 2.75) is 20.0 Å². The lowest BCUT2D eigenvalue weighted by molar-refractivity contribution is -0.128. The summed E-state index contributed by atoms with van der Waals surface area (Å²) in [5.74, 6) is -0.830. The van der Waals surface area contributed by atoms with Gasteiger partial charge in [0.2, 0.25) is 0 Å². The molecule has 0 spiro atoms. The largest absolute Gasteiger partial charge is 0.448 e. The molecule has 2 aromatic rings. The first kappa shape index (κ1) is 17.0. The average molecular weight is 329 g/mol. The summed E-state index contributed by atoms with van der Waals surface area (Å²) in [5, 5.41) is 4.45. The molecule has 5 heteroatoms. The van der Waals surface area contributed by atoms with E-state index in [1.54, 1.807) is 13.0 Å². The van der Waals surface area contributed by atoms with Gasteiger partial charge in [-0.1, -0.05) is 35.9 Å². The van der Waals surface area contributed by atoms with Crippen LogP contribution in [0.2, 0.25) is 0 Å². The van der Waals surface area contributed by atoms with Crippen LogP contribution in [0.4, 0.5) is 0 Å². The van der Waals surface area contributed by atoms with E-state index in [9.17, 15) is 9.59 Å². The highest BCUT2D eigenvalue weighted by Crippen LogP contribution is 2.29. The molecule has 0 aliphatic rings. The smallest absolute Gasteiger partial charge is 0.349 e. The molecule has 2 rings (SSSR count). The summed E-state index contributed by atoms with van der Waals surface area (Å²) in [6.07, 6.45) is 0.719. The van der Waals surface area contributed by atoms with Gasteiger partial charge in [-0.05, 0) is 30.9 Å². The van der Waals surface area contributed by atoms with Gasteiger partial charge in [0, 0.05) is 12.1 Å². The first-order valence-corrected chi connectivity index (χ1v) is 8.15. The van der Waals surface area contributed by atoms with E-state index in [2.05, 4.69) is 11.9 Å². The van der Waals surface area contributed by atoms with E-state index in [0.29, 0.717) is 11.4 Å². The molecule has 1 atom stereocenters. The summed E-state index contributed by atoms with van der Waals surface area (Å²) >= 11 is 1.31. The lowest BCUT2D eigenvalue weighted by Gasteiger charge is -2.13. The van der Waals surface area contributed by atoms with Crippen molar-refractivity contribution in [1.82, 2.24) is 5.32 Å². The van der Waals surface area contributed by atoms with E-state index in [4.69, 9.17) is 4.74 Å². The second-order valence-electron chi connectivity index (χ2n) is 5.11. The number of esters is 1. The van der Waals surface area contributed by atoms with Gasteiger partial charge >= 0.3 is 5.97 Å². The molecule has 23 heavy (non-hydrogen) atoms. The zero-order chi connectivity index (χ0) is 16.8. The van der Waals surface area contributed by atoms with Crippen LogP contribution in [0.3, 0.4) is 0 Å². The number of carbonyl (C=O) groups excluding carboxylic acids is 2. The maximum atomic E-state index is 12.3. The van der Waals surface area contributed by atoms with Crippen LogP contribution in [0.25, 0.3) is 11.1 Å². The molecule has 1 heterocycles. The molecule has 0 saturated heterocycles. The van der Waals surface area contributed by atoms with Gasteiger partial charge in [-0.3, -0.25) is 4.79 Å². The predicted octanol–water partition coefficient (Wildman–Crippen LogP) is 3.57. The van der Waals surface area contributed by atoms with Gasteiger partial charge in [0.15, 0.2) is 6.10 Å². The van der Waals surface area contributed by atoms with Crippen molar-refractivity contribution in [3.8, 4) is 11.1 Å². The molecule has 0 bridgehead atoms. The maximum Gasteiger partial charge on any atom is 0.349 e. The van der Waals surface area contributed by atoms with Crippen LogP contribution >= 0.6 is 11.3 Å². The van der Waals surface area contributed by atoms with E-state index in [-0.39, 0.29) is 5.91 Å². The fourth-order valence-corrected chi connectivity index (χ4v) is 2.81. The third-order valence-corrected chi connectivity index (χ3v) is 4.18. The molecular formula is C18H19NO3S.